The molecule has 0 radical (unpaired) electrons. The van der Waals surface area contributed by atoms with Crippen molar-refractivity contribution in [3.05, 3.63) is 0 Å². The predicted octanol–water partition coefficient (Wildman–Crippen LogP) is 1.28. The smallest absolute Gasteiger partial charge is 0.220 e. The maximum absolute atomic E-state index is 11.3. The molecule has 0 spiro atoms. The topological polar surface area (TPSA) is 55.1 Å². The van der Waals surface area contributed by atoms with Crippen LogP contribution in [0, 0.1) is 11.8 Å². The molecule has 1 rings (SSSR count). The molecule has 1 aliphatic carbocycles. The summed E-state index contributed by atoms with van der Waals surface area (Å²) in [6.07, 6.45) is 3.75. The Morgan fingerprint density at radius 3 is 2.79 bits per heavy atom. The van der Waals surface area contributed by atoms with E-state index in [1.54, 1.807) is 0 Å². The molecule has 0 heterocycles. The van der Waals surface area contributed by atoms with Crippen LogP contribution in [0.15, 0.2) is 0 Å². The highest BCUT2D eigenvalue weighted by Gasteiger charge is 2.32. The zero-order valence-electron chi connectivity index (χ0n) is 9.25. The molecule has 1 amide bonds. The monoisotopic (exact) mass is 198 g/mol. The van der Waals surface area contributed by atoms with Gasteiger partial charge in [0.2, 0.25) is 5.91 Å². The second kappa shape index (κ2) is 5.35. The average molecular weight is 198 g/mol. The highest BCUT2D eigenvalue weighted by molar-refractivity contribution is 5.75. The van der Waals surface area contributed by atoms with Crippen LogP contribution in [-0.4, -0.2) is 18.5 Å². The molecule has 0 saturated heterocycles. The van der Waals surface area contributed by atoms with Gasteiger partial charge in [0.15, 0.2) is 0 Å². The Labute approximate surface area is 86.4 Å². The minimum atomic E-state index is 0.185. The molecule has 0 aromatic heterocycles. The number of nitrogens with one attached hydrogen (secondary N) is 1. The molecule has 1 aliphatic rings. The lowest BCUT2D eigenvalue weighted by Gasteiger charge is -2.05. The van der Waals surface area contributed by atoms with Crippen molar-refractivity contribution in [1.82, 2.24) is 5.32 Å². The van der Waals surface area contributed by atoms with Crippen LogP contribution in [0.3, 0.4) is 0 Å². The Hall–Kier alpha value is -0.570. The van der Waals surface area contributed by atoms with E-state index < -0.39 is 0 Å². The van der Waals surface area contributed by atoms with Gasteiger partial charge >= 0.3 is 0 Å². The molecule has 0 aromatic rings. The SMILES string of the molecule is CC(N)CCCC(=O)NCC1CC1C. The van der Waals surface area contributed by atoms with Gasteiger partial charge in [0.25, 0.3) is 0 Å². The standard InChI is InChI=1S/C11H22N2O/c1-8-6-10(8)7-13-11(14)5-3-4-9(2)12/h8-10H,3-7,12H2,1-2H3,(H,13,14). The normalized spacial score (nSPS) is 27.1. The van der Waals surface area contributed by atoms with E-state index in [-0.39, 0.29) is 11.9 Å². The maximum atomic E-state index is 11.3. The largest absolute Gasteiger partial charge is 0.356 e. The number of amides is 1. The summed E-state index contributed by atoms with van der Waals surface area (Å²) in [5, 5.41) is 2.97. The van der Waals surface area contributed by atoms with Crippen LogP contribution in [0.25, 0.3) is 0 Å². The molecule has 0 aliphatic heterocycles. The summed E-state index contributed by atoms with van der Waals surface area (Å²) in [6.45, 7) is 5.08. The highest BCUT2D eigenvalue weighted by Crippen LogP contribution is 2.36. The van der Waals surface area contributed by atoms with E-state index in [0.717, 1.165) is 31.2 Å². The quantitative estimate of drug-likeness (QED) is 0.675. The zero-order valence-corrected chi connectivity index (χ0v) is 9.25. The molecule has 1 saturated carbocycles. The molecule has 3 atom stereocenters. The molecule has 0 bridgehead atoms. The van der Waals surface area contributed by atoms with Crippen LogP contribution in [-0.2, 0) is 4.79 Å². The van der Waals surface area contributed by atoms with Gasteiger partial charge in [-0.3, -0.25) is 4.79 Å². The first-order valence-electron chi connectivity index (χ1n) is 5.62. The van der Waals surface area contributed by atoms with Crippen molar-refractivity contribution in [1.29, 1.82) is 0 Å². The maximum Gasteiger partial charge on any atom is 0.220 e. The van der Waals surface area contributed by atoms with Crippen LogP contribution < -0.4 is 11.1 Å². The van der Waals surface area contributed by atoms with Gasteiger partial charge in [0.1, 0.15) is 0 Å². The van der Waals surface area contributed by atoms with Crippen molar-refractivity contribution in [2.24, 2.45) is 17.6 Å². The van der Waals surface area contributed by atoms with E-state index in [0.29, 0.717) is 6.42 Å². The van der Waals surface area contributed by atoms with Crippen LogP contribution in [0.4, 0.5) is 0 Å². The first-order chi connectivity index (χ1) is 6.59. The molecule has 0 aromatic carbocycles. The number of carbonyl (C=O) groups excluding carboxylic acids is 1. The van der Waals surface area contributed by atoms with Gasteiger partial charge in [-0.2, -0.15) is 0 Å². The Bertz CT molecular complexity index is 192. The molecule has 3 heteroatoms. The van der Waals surface area contributed by atoms with Gasteiger partial charge in [-0.25, -0.2) is 0 Å². The minimum Gasteiger partial charge on any atom is -0.356 e. The lowest BCUT2D eigenvalue weighted by atomic mass is 10.1. The van der Waals surface area contributed by atoms with E-state index in [9.17, 15) is 4.79 Å². The molecular weight excluding hydrogens is 176 g/mol. The van der Waals surface area contributed by atoms with Crippen molar-refractivity contribution in [3.63, 3.8) is 0 Å². The van der Waals surface area contributed by atoms with Crippen molar-refractivity contribution in [2.45, 2.75) is 45.6 Å². The second-order valence-electron chi connectivity index (χ2n) is 4.65. The summed E-state index contributed by atoms with van der Waals surface area (Å²) in [4.78, 5) is 11.3. The van der Waals surface area contributed by atoms with Crippen molar-refractivity contribution in [3.8, 4) is 0 Å². The Morgan fingerprint density at radius 2 is 2.29 bits per heavy atom. The van der Waals surface area contributed by atoms with E-state index in [4.69, 9.17) is 5.73 Å². The third-order valence-corrected chi connectivity index (χ3v) is 2.90. The number of nitrogens with two attached hydrogens (primary N) is 1. The van der Waals surface area contributed by atoms with Gasteiger partial charge in [0, 0.05) is 19.0 Å². The summed E-state index contributed by atoms with van der Waals surface area (Å²) in [6, 6.07) is 0.214. The van der Waals surface area contributed by atoms with Gasteiger partial charge in [-0.05, 0) is 38.0 Å². The highest BCUT2D eigenvalue weighted by atomic mass is 16.1. The minimum absolute atomic E-state index is 0.185. The third kappa shape index (κ3) is 4.61. The number of hydrogen-bond donors (Lipinski definition) is 2. The second-order valence-corrected chi connectivity index (χ2v) is 4.65. The van der Waals surface area contributed by atoms with E-state index >= 15 is 0 Å². The van der Waals surface area contributed by atoms with E-state index in [1.165, 1.54) is 6.42 Å². The molecular formula is C11H22N2O. The molecule has 3 nitrogen and oxygen atoms in total. The first kappa shape index (κ1) is 11.5. The lowest BCUT2D eigenvalue weighted by Crippen LogP contribution is -2.26. The Balaban J connectivity index is 1.93. The van der Waals surface area contributed by atoms with Gasteiger partial charge in [-0.1, -0.05) is 6.92 Å². The summed E-state index contributed by atoms with van der Waals surface area (Å²) < 4.78 is 0. The number of carbonyl (C=O) groups is 1. The van der Waals surface area contributed by atoms with Crippen molar-refractivity contribution in [2.75, 3.05) is 6.54 Å². The molecule has 14 heavy (non-hydrogen) atoms. The van der Waals surface area contributed by atoms with Crippen LogP contribution in [0.1, 0.15) is 39.5 Å². The summed E-state index contributed by atoms with van der Waals surface area (Å²) in [5.74, 6) is 1.75. The van der Waals surface area contributed by atoms with Gasteiger partial charge in [-0.15, -0.1) is 0 Å². The number of hydrogen-bond acceptors (Lipinski definition) is 2. The summed E-state index contributed by atoms with van der Waals surface area (Å²) >= 11 is 0. The number of rotatable bonds is 6. The van der Waals surface area contributed by atoms with E-state index in [2.05, 4.69) is 12.2 Å². The zero-order chi connectivity index (χ0) is 10.6. The lowest BCUT2D eigenvalue weighted by molar-refractivity contribution is -0.121. The van der Waals surface area contributed by atoms with Crippen LogP contribution >= 0.6 is 0 Å². The average Bonchev–Trinajstić information content (AvgIpc) is 2.78. The first-order valence-corrected chi connectivity index (χ1v) is 5.62. The van der Waals surface area contributed by atoms with Crippen molar-refractivity contribution < 1.29 is 4.79 Å². The predicted molar refractivity (Wildman–Crippen MR) is 57.8 cm³/mol. The molecule has 3 N–H and O–H groups in total. The fourth-order valence-corrected chi connectivity index (χ4v) is 1.60. The van der Waals surface area contributed by atoms with Gasteiger partial charge < -0.3 is 11.1 Å². The fourth-order valence-electron chi connectivity index (χ4n) is 1.60. The van der Waals surface area contributed by atoms with Gasteiger partial charge in [0.05, 0.1) is 0 Å². The van der Waals surface area contributed by atoms with Crippen LogP contribution in [0.5, 0.6) is 0 Å². The van der Waals surface area contributed by atoms with E-state index in [1.807, 2.05) is 6.92 Å². The Kier molecular flexibility index (Phi) is 4.39. The third-order valence-electron chi connectivity index (χ3n) is 2.90. The van der Waals surface area contributed by atoms with Crippen LogP contribution in [0.2, 0.25) is 0 Å². The molecule has 1 fully saturated rings. The summed E-state index contributed by atoms with van der Waals surface area (Å²) in [7, 11) is 0. The Morgan fingerprint density at radius 1 is 1.64 bits per heavy atom. The summed E-state index contributed by atoms with van der Waals surface area (Å²) in [5.41, 5.74) is 5.60. The van der Waals surface area contributed by atoms with Crippen molar-refractivity contribution >= 4 is 5.91 Å². The fraction of sp³-hybridized carbons (Fsp3) is 0.909. The molecule has 82 valence electrons. The molecule has 3 unspecified atom stereocenters.